The van der Waals surface area contributed by atoms with Crippen LogP contribution in [0.2, 0.25) is 0 Å². The second-order valence-electron chi connectivity index (χ2n) is 5.13. The molecule has 2 aromatic heterocycles. The van der Waals surface area contributed by atoms with Gasteiger partial charge in [0.05, 0.1) is 6.10 Å². The van der Waals surface area contributed by atoms with Crippen molar-refractivity contribution in [3.63, 3.8) is 0 Å². The molecule has 0 amide bonds. The predicted octanol–water partition coefficient (Wildman–Crippen LogP) is 2.70. The van der Waals surface area contributed by atoms with Gasteiger partial charge in [0.25, 0.3) is 0 Å². The van der Waals surface area contributed by atoms with Crippen molar-refractivity contribution >= 4 is 27.8 Å². The Kier molecular flexibility index (Phi) is 2.77. The number of rotatable bonds is 3. The quantitative estimate of drug-likeness (QED) is 0.766. The lowest BCUT2D eigenvalue weighted by Crippen LogP contribution is -2.19. The Morgan fingerprint density at radius 1 is 1.30 bits per heavy atom. The van der Waals surface area contributed by atoms with E-state index in [1.807, 2.05) is 12.1 Å². The van der Waals surface area contributed by atoms with Gasteiger partial charge in [-0.1, -0.05) is 18.2 Å². The molecule has 3 heterocycles. The van der Waals surface area contributed by atoms with Crippen LogP contribution in [-0.4, -0.2) is 34.2 Å². The number of fused-ring (bicyclic) bond motifs is 3. The molecule has 0 saturated carbocycles. The largest absolute Gasteiger partial charge is 0.376 e. The second kappa shape index (κ2) is 4.76. The fourth-order valence-electron chi connectivity index (χ4n) is 2.79. The monoisotopic (exact) mass is 268 g/mol. The maximum absolute atomic E-state index is 5.63. The number of aromatic amines is 1. The minimum absolute atomic E-state index is 0.296. The number of H-pyrrole nitrogens is 1. The molecule has 5 heteroatoms. The lowest BCUT2D eigenvalue weighted by Gasteiger charge is -2.11. The SMILES string of the molecule is c1ccc2c(c1)[nH]c1c(NC[C@@H]3CCCO3)ncnc12. The smallest absolute Gasteiger partial charge is 0.153 e. The zero-order valence-corrected chi connectivity index (χ0v) is 11.1. The zero-order chi connectivity index (χ0) is 13.4. The van der Waals surface area contributed by atoms with Crippen molar-refractivity contribution < 1.29 is 4.74 Å². The third-order valence-corrected chi connectivity index (χ3v) is 3.81. The Morgan fingerprint density at radius 2 is 2.25 bits per heavy atom. The number of anilines is 1. The van der Waals surface area contributed by atoms with Gasteiger partial charge in [0.2, 0.25) is 0 Å². The number of benzene rings is 1. The molecule has 0 spiro atoms. The molecule has 102 valence electrons. The highest BCUT2D eigenvalue weighted by atomic mass is 16.5. The molecule has 1 aliphatic rings. The van der Waals surface area contributed by atoms with E-state index >= 15 is 0 Å². The van der Waals surface area contributed by atoms with Crippen LogP contribution in [0, 0.1) is 0 Å². The van der Waals surface area contributed by atoms with Crippen LogP contribution in [0.25, 0.3) is 21.9 Å². The molecule has 3 aromatic rings. The Morgan fingerprint density at radius 3 is 3.15 bits per heavy atom. The zero-order valence-electron chi connectivity index (χ0n) is 11.1. The fraction of sp³-hybridized carbons (Fsp3) is 0.333. The summed E-state index contributed by atoms with van der Waals surface area (Å²) < 4.78 is 5.63. The molecule has 0 radical (unpaired) electrons. The summed E-state index contributed by atoms with van der Waals surface area (Å²) in [6.45, 7) is 1.67. The van der Waals surface area contributed by atoms with Gasteiger partial charge < -0.3 is 15.0 Å². The van der Waals surface area contributed by atoms with E-state index in [2.05, 4.69) is 32.4 Å². The van der Waals surface area contributed by atoms with Gasteiger partial charge in [-0.3, -0.25) is 0 Å². The average Bonchev–Trinajstić information content (AvgIpc) is 3.12. The number of nitrogens with one attached hydrogen (secondary N) is 2. The van der Waals surface area contributed by atoms with Gasteiger partial charge in [-0.2, -0.15) is 0 Å². The maximum Gasteiger partial charge on any atom is 0.153 e. The van der Waals surface area contributed by atoms with Crippen molar-refractivity contribution in [2.75, 3.05) is 18.5 Å². The summed E-state index contributed by atoms with van der Waals surface area (Å²) in [6.07, 6.45) is 4.18. The molecule has 4 rings (SSSR count). The van der Waals surface area contributed by atoms with Crippen molar-refractivity contribution in [2.24, 2.45) is 0 Å². The van der Waals surface area contributed by atoms with Crippen LogP contribution >= 0.6 is 0 Å². The highest BCUT2D eigenvalue weighted by Crippen LogP contribution is 2.27. The van der Waals surface area contributed by atoms with Crippen molar-refractivity contribution in [1.82, 2.24) is 15.0 Å². The summed E-state index contributed by atoms with van der Waals surface area (Å²) in [6, 6.07) is 8.17. The van der Waals surface area contributed by atoms with Gasteiger partial charge in [0, 0.05) is 24.1 Å². The van der Waals surface area contributed by atoms with E-state index in [0.29, 0.717) is 6.10 Å². The van der Waals surface area contributed by atoms with E-state index in [9.17, 15) is 0 Å². The minimum atomic E-state index is 0.296. The summed E-state index contributed by atoms with van der Waals surface area (Å²) in [5.74, 6) is 0.849. The van der Waals surface area contributed by atoms with E-state index in [0.717, 1.165) is 53.7 Å². The highest BCUT2D eigenvalue weighted by molar-refractivity contribution is 6.07. The molecule has 1 saturated heterocycles. The van der Waals surface area contributed by atoms with Crippen molar-refractivity contribution in [3.05, 3.63) is 30.6 Å². The highest BCUT2D eigenvalue weighted by Gasteiger charge is 2.16. The summed E-state index contributed by atoms with van der Waals surface area (Å²) in [5, 5.41) is 4.51. The summed E-state index contributed by atoms with van der Waals surface area (Å²) in [7, 11) is 0. The first-order chi connectivity index (χ1) is 9.92. The van der Waals surface area contributed by atoms with Gasteiger partial charge >= 0.3 is 0 Å². The standard InChI is InChI=1S/C15H16N4O/c1-2-6-12-11(5-1)13-14(19-12)15(18-9-17-13)16-8-10-4-3-7-20-10/h1-2,5-6,9-10,19H,3-4,7-8H2,(H,16,17,18)/t10-/m0/s1. The van der Waals surface area contributed by atoms with Crippen LogP contribution in [0.4, 0.5) is 5.82 Å². The molecule has 2 N–H and O–H groups in total. The number of hydrogen-bond donors (Lipinski definition) is 2. The molecular weight excluding hydrogens is 252 g/mol. The first-order valence-electron chi connectivity index (χ1n) is 6.99. The number of hydrogen-bond acceptors (Lipinski definition) is 4. The molecule has 5 nitrogen and oxygen atoms in total. The van der Waals surface area contributed by atoms with Gasteiger partial charge in [0.1, 0.15) is 17.4 Å². The Hall–Kier alpha value is -2.14. The first kappa shape index (κ1) is 11.7. The number of ether oxygens (including phenoxy) is 1. The van der Waals surface area contributed by atoms with E-state index in [1.165, 1.54) is 0 Å². The van der Waals surface area contributed by atoms with Crippen LogP contribution in [0.15, 0.2) is 30.6 Å². The molecule has 20 heavy (non-hydrogen) atoms. The molecule has 1 atom stereocenters. The second-order valence-corrected chi connectivity index (χ2v) is 5.13. The number of nitrogens with zero attached hydrogens (tertiary/aromatic N) is 2. The number of para-hydroxylation sites is 1. The van der Waals surface area contributed by atoms with Gasteiger partial charge in [-0.05, 0) is 18.9 Å². The average molecular weight is 268 g/mol. The van der Waals surface area contributed by atoms with Crippen molar-refractivity contribution in [2.45, 2.75) is 18.9 Å². The lowest BCUT2D eigenvalue weighted by atomic mass is 10.2. The predicted molar refractivity (Wildman–Crippen MR) is 78.9 cm³/mol. The molecule has 1 aliphatic heterocycles. The third kappa shape index (κ3) is 1.91. The first-order valence-corrected chi connectivity index (χ1v) is 6.99. The summed E-state index contributed by atoms with van der Waals surface area (Å²) in [4.78, 5) is 12.1. The molecule has 0 bridgehead atoms. The molecule has 1 aromatic carbocycles. The van der Waals surface area contributed by atoms with Crippen molar-refractivity contribution in [3.8, 4) is 0 Å². The Bertz CT molecular complexity index is 746. The van der Waals surface area contributed by atoms with Crippen LogP contribution in [-0.2, 0) is 4.74 Å². The summed E-state index contributed by atoms with van der Waals surface area (Å²) >= 11 is 0. The van der Waals surface area contributed by atoms with Gasteiger partial charge in [0.15, 0.2) is 5.82 Å². The Labute approximate surface area is 116 Å². The van der Waals surface area contributed by atoms with E-state index in [1.54, 1.807) is 6.33 Å². The van der Waals surface area contributed by atoms with Gasteiger partial charge in [-0.15, -0.1) is 0 Å². The van der Waals surface area contributed by atoms with E-state index in [-0.39, 0.29) is 0 Å². The maximum atomic E-state index is 5.63. The lowest BCUT2D eigenvalue weighted by molar-refractivity contribution is 0.120. The van der Waals surface area contributed by atoms with E-state index < -0.39 is 0 Å². The van der Waals surface area contributed by atoms with Gasteiger partial charge in [-0.25, -0.2) is 9.97 Å². The Balaban J connectivity index is 1.71. The number of aromatic nitrogens is 3. The van der Waals surface area contributed by atoms with Crippen LogP contribution in [0.5, 0.6) is 0 Å². The van der Waals surface area contributed by atoms with Crippen LogP contribution in [0.1, 0.15) is 12.8 Å². The minimum Gasteiger partial charge on any atom is -0.376 e. The molecule has 1 fully saturated rings. The van der Waals surface area contributed by atoms with E-state index in [4.69, 9.17) is 4.74 Å². The fourth-order valence-corrected chi connectivity index (χ4v) is 2.79. The molecule has 0 aliphatic carbocycles. The molecule has 0 unspecified atom stereocenters. The molecular formula is C15H16N4O. The van der Waals surface area contributed by atoms with Crippen LogP contribution < -0.4 is 5.32 Å². The third-order valence-electron chi connectivity index (χ3n) is 3.81. The van der Waals surface area contributed by atoms with Crippen LogP contribution in [0.3, 0.4) is 0 Å². The normalized spacial score (nSPS) is 18.9. The van der Waals surface area contributed by atoms with Crippen molar-refractivity contribution in [1.29, 1.82) is 0 Å². The topological polar surface area (TPSA) is 62.8 Å². The summed E-state index contributed by atoms with van der Waals surface area (Å²) in [5.41, 5.74) is 3.01.